The van der Waals surface area contributed by atoms with Gasteiger partial charge in [-0.2, -0.15) is 0 Å². The first-order chi connectivity index (χ1) is 19.1. The van der Waals surface area contributed by atoms with E-state index in [1.807, 2.05) is 23.1 Å². The monoisotopic (exact) mass is 536 g/mol. The number of carboxylic acid groups (broad SMARTS) is 1. The average Bonchev–Trinajstić information content (AvgIpc) is 3.38. The quantitative estimate of drug-likeness (QED) is 0.278. The number of carboxylic acids is 1. The van der Waals surface area contributed by atoms with Gasteiger partial charge in [-0.15, -0.1) is 0 Å². The summed E-state index contributed by atoms with van der Waals surface area (Å²) in [7, 11) is 0. The van der Waals surface area contributed by atoms with Crippen LogP contribution < -0.4 is 0 Å². The van der Waals surface area contributed by atoms with Crippen LogP contribution in [0.5, 0.6) is 0 Å². The molecule has 0 radical (unpaired) electrons. The van der Waals surface area contributed by atoms with Crippen molar-refractivity contribution in [3.05, 3.63) is 107 Å². The minimum Gasteiger partial charge on any atom is -0.478 e. The van der Waals surface area contributed by atoms with Gasteiger partial charge >= 0.3 is 5.97 Å². The number of allylic oxidation sites excluding steroid dienone is 2. The van der Waals surface area contributed by atoms with E-state index in [9.17, 15) is 19.1 Å². The Kier molecular flexibility index (Phi) is 5.98. The minimum absolute atomic E-state index is 0.133. The van der Waals surface area contributed by atoms with Crippen LogP contribution in [0.25, 0.3) is 28.1 Å². The maximum atomic E-state index is 14.3. The molecular weight excluding hydrogens is 507 g/mol. The summed E-state index contributed by atoms with van der Waals surface area (Å²) < 4.78 is 20.1. The number of hydrogen-bond acceptors (Lipinski definition) is 4. The van der Waals surface area contributed by atoms with Gasteiger partial charge in [0.1, 0.15) is 5.52 Å². The molecule has 1 atom stereocenters. The molecule has 0 fully saturated rings. The standard InChI is InChI=1S/C33H29FN2O4/c1-32(2)24(20-11-13-21(14-12-20)31(38)39)15-17-33(3)19-36(18-16-27(32)33)30(37)23-8-5-4-7-22(23)29-35-28-25(34)9-6-10-26(28)40-29/h4-16H,17-19H2,1-3H3,(H,38,39)/t33-/m1/s1. The van der Waals surface area contributed by atoms with E-state index in [4.69, 9.17) is 4.42 Å². The maximum Gasteiger partial charge on any atom is 0.335 e. The molecule has 6 rings (SSSR count). The number of benzene rings is 3. The van der Waals surface area contributed by atoms with Crippen molar-refractivity contribution in [1.82, 2.24) is 9.88 Å². The molecule has 0 saturated heterocycles. The number of aromatic carboxylic acids is 1. The number of halogens is 1. The van der Waals surface area contributed by atoms with Crippen molar-refractivity contribution in [3.63, 3.8) is 0 Å². The normalized spacial score (nSPS) is 20.1. The molecule has 1 aliphatic heterocycles. The Morgan fingerprint density at radius 3 is 2.45 bits per heavy atom. The van der Waals surface area contributed by atoms with Crippen LogP contribution in [0.1, 0.15) is 53.5 Å². The highest BCUT2D eigenvalue weighted by atomic mass is 19.1. The van der Waals surface area contributed by atoms with Crippen molar-refractivity contribution in [1.29, 1.82) is 0 Å². The number of fused-ring (bicyclic) bond motifs is 2. The van der Waals surface area contributed by atoms with Gasteiger partial charge in [0, 0.05) is 29.5 Å². The average molecular weight is 537 g/mol. The molecule has 2 aliphatic rings. The van der Waals surface area contributed by atoms with E-state index in [1.54, 1.807) is 42.5 Å². The van der Waals surface area contributed by atoms with Crippen LogP contribution in [-0.2, 0) is 0 Å². The molecule has 1 aromatic heterocycles. The molecule has 0 unspecified atom stereocenters. The number of para-hydroxylation sites is 1. The lowest BCUT2D eigenvalue weighted by molar-refractivity contribution is 0.0679. The van der Waals surface area contributed by atoms with E-state index in [-0.39, 0.29) is 33.7 Å². The van der Waals surface area contributed by atoms with E-state index in [0.717, 1.165) is 17.6 Å². The summed E-state index contributed by atoms with van der Waals surface area (Å²) >= 11 is 0. The van der Waals surface area contributed by atoms with E-state index in [1.165, 1.54) is 11.6 Å². The summed E-state index contributed by atoms with van der Waals surface area (Å²) in [4.78, 5) is 31.4. The van der Waals surface area contributed by atoms with Crippen molar-refractivity contribution in [2.45, 2.75) is 27.2 Å². The predicted octanol–water partition coefficient (Wildman–Crippen LogP) is 7.23. The first kappa shape index (κ1) is 25.7. The second-order valence-corrected chi connectivity index (χ2v) is 11.3. The van der Waals surface area contributed by atoms with Gasteiger partial charge in [-0.25, -0.2) is 14.2 Å². The Bertz CT molecular complexity index is 1730. The lowest BCUT2D eigenvalue weighted by Crippen LogP contribution is -2.48. The molecule has 7 heteroatoms. The third-order valence-corrected chi connectivity index (χ3v) is 8.30. The van der Waals surface area contributed by atoms with E-state index < -0.39 is 11.8 Å². The zero-order valence-electron chi connectivity index (χ0n) is 22.6. The third-order valence-electron chi connectivity index (χ3n) is 8.30. The number of nitrogens with zero attached hydrogens (tertiary/aromatic N) is 2. The first-order valence-corrected chi connectivity index (χ1v) is 13.3. The molecule has 2 heterocycles. The number of carbonyl (C=O) groups is 2. The zero-order chi connectivity index (χ0) is 28.2. The van der Waals surface area contributed by atoms with Crippen molar-refractivity contribution in [2.24, 2.45) is 10.8 Å². The van der Waals surface area contributed by atoms with Crippen molar-refractivity contribution in [2.75, 3.05) is 13.1 Å². The third kappa shape index (κ3) is 4.13. The Morgan fingerprint density at radius 1 is 0.975 bits per heavy atom. The van der Waals surface area contributed by atoms with Gasteiger partial charge in [-0.1, -0.05) is 68.8 Å². The molecule has 3 aromatic carbocycles. The Labute approximate surface area is 231 Å². The van der Waals surface area contributed by atoms with Crippen LogP contribution >= 0.6 is 0 Å². The first-order valence-electron chi connectivity index (χ1n) is 13.3. The van der Waals surface area contributed by atoms with Crippen LogP contribution in [0.4, 0.5) is 4.39 Å². The highest BCUT2D eigenvalue weighted by molar-refractivity contribution is 6.00. The second-order valence-electron chi connectivity index (χ2n) is 11.3. The number of amides is 1. The predicted molar refractivity (Wildman–Crippen MR) is 151 cm³/mol. The van der Waals surface area contributed by atoms with Crippen molar-refractivity contribution in [3.8, 4) is 11.5 Å². The smallest absolute Gasteiger partial charge is 0.335 e. The van der Waals surface area contributed by atoms with E-state index in [2.05, 4.69) is 37.9 Å². The Balaban J connectivity index is 1.30. The van der Waals surface area contributed by atoms with Gasteiger partial charge in [-0.05, 0) is 54.0 Å². The second kappa shape index (κ2) is 9.30. The van der Waals surface area contributed by atoms with Gasteiger partial charge in [0.2, 0.25) is 5.89 Å². The fourth-order valence-electron chi connectivity index (χ4n) is 6.41. The highest BCUT2D eigenvalue weighted by Crippen LogP contribution is 2.55. The molecule has 1 amide bonds. The molecule has 0 bridgehead atoms. The number of oxazole rings is 1. The summed E-state index contributed by atoms with van der Waals surface area (Å²) in [5.74, 6) is -1.33. The van der Waals surface area contributed by atoms with Crippen LogP contribution in [0, 0.1) is 16.6 Å². The zero-order valence-corrected chi connectivity index (χ0v) is 22.6. The van der Waals surface area contributed by atoms with E-state index >= 15 is 0 Å². The fraction of sp³-hybridized carbons (Fsp3) is 0.242. The van der Waals surface area contributed by atoms with Crippen LogP contribution in [0.15, 0.2) is 88.9 Å². The molecule has 0 saturated carbocycles. The lowest BCUT2D eigenvalue weighted by atomic mass is 9.58. The molecule has 0 spiro atoms. The number of rotatable bonds is 4. The van der Waals surface area contributed by atoms with Gasteiger partial charge in [-0.3, -0.25) is 4.79 Å². The van der Waals surface area contributed by atoms with E-state index in [0.29, 0.717) is 29.8 Å². The van der Waals surface area contributed by atoms with Crippen molar-refractivity contribution < 1.29 is 23.5 Å². The molecule has 202 valence electrons. The van der Waals surface area contributed by atoms with Gasteiger partial charge < -0.3 is 14.4 Å². The van der Waals surface area contributed by atoms with Gasteiger partial charge in [0.15, 0.2) is 11.4 Å². The summed E-state index contributed by atoms with van der Waals surface area (Å²) in [6, 6.07) is 18.7. The lowest BCUT2D eigenvalue weighted by Gasteiger charge is -2.50. The number of hydrogen-bond donors (Lipinski definition) is 1. The Hall–Kier alpha value is -4.52. The number of carbonyl (C=O) groups excluding carboxylic acids is 1. The maximum absolute atomic E-state index is 14.3. The summed E-state index contributed by atoms with van der Waals surface area (Å²) in [6.07, 6.45) is 5.13. The SMILES string of the molecule is CC1(C)C(c2ccc(C(=O)O)cc2)=CC[C@]2(C)CN(C(=O)c3ccccc3-c3nc4c(F)cccc4o3)CC=C12. The summed E-state index contributed by atoms with van der Waals surface area (Å²) in [5, 5.41) is 9.28. The fourth-order valence-corrected chi connectivity index (χ4v) is 6.41. The van der Waals surface area contributed by atoms with Gasteiger partial charge in [0.05, 0.1) is 11.1 Å². The largest absolute Gasteiger partial charge is 0.478 e. The molecule has 1 N–H and O–H groups in total. The Morgan fingerprint density at radius 2 is 1.73 bits per heavy atom. The molecule has 4 aromatic rings. The minimum atomic E-state index is -0.944. The van der Waals surface area contributed by atoms with Crippen LogP contribution in [-0.4, -0.2) is 40.0 Å². The number of aromatic nitrogens is 1. The van der Waals surface area contributed by atoms with Crippen molar-refractivity contribution >= 4 is 28.5 Å². The topological polar surface area (TPSA) is 83.6 Å². The molecule has 40 heavy (non-hydrogen) atoms. The van der Waals surface area contributed by atoms with Crippen LogP contribution in [0.2, 0.25) is 0 Å². The molecular formula is C33H29FN2O4. The summed E-state index contributed by atoms with van der Waals surface area (Å²) in [6.45, 7) is 7.56. The summed E-state index contributed by atoms with van der Waals surface area (Å²) in [5.41, 5.74) is 4.58. The van der Waals surface area contributed by atoms with Gasteiger partial charge in [0.25, 0.3) is 5.91 Å². The highest BCUT2D eigenvalue weighted by Gasteiger charge is 2.46. The molecule has 1 aliphatic carbocycles. The molecule has 6 nitrogen and oxygen atoms in total. The van der Waals surface area contributed by atoms with Crippen LogP contribution in [0.3, 0.4) is 0 Å².